The van der Waals surface area contributed by atoms with Crippen LogP contribution in [-0.4, -0.2) is 23.1 Å². The van der Waals surface area contributed by atoms with Crippen LogP contribution in [0.1, 0.15) is 18.4 Å². The summed E-state index contributed by atoms with van der Waals surface area (Å²) in [5, 5.41) is 6.69. The van der Waals surface area contributed by atoms with E-state index in [4.69, 9.17) is 11.6 Å². The number of rotatable bonds is 4. The molecule has 2 rings (SSSR count). The summed E-state index contributed by atoms with van der Waals surface area (Å²) in [6, 6.07) is 0.690. The van der Waals surface area contributed by atoms with Crippen molar-refractivity contribution in [3.05, 3.63) is 17.0 Å². The fourth-order valence-corrected chi connectivity index (χ4v) is 1.41. The zero-order chi connectivity index (χ0) is 9.97. The van der Waals surface area contributed by atoms with Crippen LogP contribution in [0.2, 0.25) is 5.28 Å². The molecular weight excluding hydrogens is 200 g/mol. The fraction of sp³-hybridized carbons (Fsp3) is 0.556. The Labute approximate surface area is 88.1 Å². The lowest BCUT2D eigenvalue weighted by Crippen LogP contribution is -2.17. The molecule has 1 saturated carbocycles. The van der Waals surface area contributed by atoms with Crippen molar-refractivity contribution < 1.29 is 0 Å². The molecule has 1 aromatic rings. The lowest BCUT2D eigenvalue weighted by atomic mass is 10.3. The first-order chi connectivity index (χ1) is 6.79. The number of halogens is 1. The number of nitrogens with one attached hydrogen (secondary N) is 2. The van der Waals surface area contributed by atoms with Gasteiger partial charge in [0.2, 0.25) is 5.28 Å². The lowest BCUT2D eigenvalue weighted by molar-refractivity contribution is 0.684. The quantitative estimate of drug-likeness (QED) is 0.742. The van der Waals surface area contributed by atoms with E-state index in [-0.39, 0.29) is 5.28 Å². The lowest BCUT2D eigenvalue weighted by Gasteiger charge is -2.08. The van der Waals surface area contributed by atoms with Crippen LogP contribution >= 0.6 is 11.6 Å². The summed E-state index contributed by atoms with van der Waals surface area (Å²) < 4.78 is 0. The summed E-state index contributed by atoms with van der Waals surface area (Å²) in [7, 11) is 1.83. The first kappa shape index (κ1) is 9.68. The minimum atomic E-state index is 0.282. The monoisotopic (exact) mass is 212 g/mol. The van der Waals surface area contributed by atoms with Gasteiger partial charge >= 0.3 is 0 Å². The second kappa shape index (κ2) is 4.11. The van der Waals surface area contributed by atoms with Gasteiger partial charge < -0.3 is 10.6 Å². The standard InChI is InChI=1S/C9H13ClN4/c1-11-8-6(4-12-7-2-3-7)5-13-9(10)14-8/h5,7,12H,2-4H2,1H3,(H,11,13,14). The second-order valence-corrected chi connectivity index (χ2v) is 3.76. The summed E-state index contributed by atoms with van der Waals surface area (Å²) >= 11 is 5.69. The van der Waals surface area contributed by atoms with Crippen LogP contribution in [0.5, 0.6) is 0 Å². The maximum atomic E-state index is 5.69. The van der Waals surface area contributed by atoms with Crippen LogP contribution in [0.25, 0.3) is 0 Å². The van der Waals surface area contributed by atoms with E-state index >= 15 is 0 Å². The molecule has 1 aliphatic rings. The second-order valence-electron chi connectivity index (χ2n) is 3.42. The molecule has 5 heteroatoms. The molecule has 0 aliphatic heterocycles. The minimum Gasteiger partial charge on any atom is -0.373 e. The molecule has 4 nitrogen and oxygen atoms in total. The van der Waals surface area contributed by atoms with E-state index in [2.05, 4.69) is 20.6 Å². The van der Waals surface area contributed by atoms with Gasteiger partial charge in [-0.3, -0.25) is 0 Å². The van der Waals surface area contributed by atoms with E-state index in [9.17, 15) is 0 Å². The van der Waals surface area contributed by atoms with Crippen molar-refractivity contribution in [1.82, 2.24) is 15.3 Å². The fourth-order valence-electron chi connectivity index (χ4n) is 1.27. The molecule has 76 valence electrons. The largest absolute Gasteiger partial charge is 0.373 e. The van der Waals surface area contributed by atoms with Crippen LogP contribution in [0.4, 0.5) is 5.82 Å². The van der Waals surface area contributed by atoms with Crippen molar-refractivity contribution in [3.63, 3.8) is 0 Å². The summed E-state index contributed by atoms with van der Waals surface area (Å²) in [5.74, 6) is 0.804. The van der Waals surface area contributed by atoms with Crippen molar-refractivity contribution in [1.29, 1.82) is 0 Å². The van der Waals surface area contributed by atoms with E-state index in [1.807, 2.05) is 7.05 Å². The van der Waals surface area contributed by atoms with Gasteiger partial charge in [-0.1, -0.05) is 0 Å². The van der Waals surface area contributed by atoms with Gasteiger partial charge in [-0.2, -0.15) is 0 Å². The third-order valence-electron chi connectivity index (χ3n) is 2.23. The number of nitrogens with zero attached hydrogens (tertiary/aromatic N) is 2. The van der Waals surface area contributed by atoms with Crippen molar-refractivity contribution in [2.75, 3.05) is 12.4 Å². The molecule has 0 aromatic carbocycles. The first-order valence-electron chi connectivity index (χ1n) is 4.72. The predicted molar refractivity (Wildman–Crippen MR) is 56.5 cm³/mol. The van der Waals surface area contributed by atoms with Crippen molar-refractivity contribution in [2.24, 2.45) is 0 Å². The number of hydrogen-bond donors (Lipinski definition) is 2. The van der Waals surface area contributed by atoms with E-state index < -0.39 is 0 Å². The molecule has 0 unspecified atom stereocenters. The van der Waals surface area contributed by atoms with E-state index in [0.29, 0.717) is 6.04 Å². The van der Waals surface area contributed by atoms with Crippen molar-refractivity contribution in [2.45, 2.75) is 25.4 Å². The zero-order valence-corrected chi connectivity index (χ0v) is 8.80. The Morgan fingerprint density at radius 2 is 2.36 bits per heavy atom. The Morgan fingerprint density at radius 1 is 1.57 bits per heavy atom. The van der Waals surface area contributed by atoms with E-state index in [1.165, 1.54) is 12.8 Å². The highest BCUT2D eigenvalue weighted by Crippen LogP contribution is 2.20. The average molecular weight is 213 g/mol. The summed E-state index contributed by atoms with van der Waals surface area (Å²) in [4.78, 5) is 8.05. The Kier molecular flexibility index (Phi) is 2.84. The molecule has 1 aromatic heterocycles. The molecule has 0 spiro atoms. The molecular formula is C9H13ClN4. The smallest absolute Gasteiger partial charge is 0.224 e. The van der Waals surface area contributed by atoms with Crippen LogP contribution in [-0.2, 0) is 6.54 Å². The molecule has 0 amide bonds. The average Bonchev–Trinajstić information content (AvgIpc) is 2.99. The normalized spacial score (nSPS) is 15.6. The van der Waals surface area contributed by atoms with E-state index in [1.54, 1.807) is 6.20 Å². The summed E-state index contributed by atoms with van der Waals surface area (Å²) in [5.41, 5.74) is 1.06. The van der Waals surface area contributed by atoms with Gasteiger partial charge in [0.05, 0.1) is 0 Å². The SMILES string of the molecule is CNc1nc(Cl)ncc1CNC1CC1. The molecule has 0 atom stereocenters. The Morgan fingerprint density at radius 3 is 3.00 bits per heavy atom. The maximum absolute atomic E-state index is 5.69. The van der Waals surface area contributed by atoms with Gasteiger partial charge in [0, 0.05) is 31.4 Å². The maximum Gasteiger partial charge on any atom is 0.224 e. The third kappa shape index (κ3) is 2.33. The highest BCUT2D eigenvalue weighted by Gasteiger charge is 2.20. The molecule has 0 radical (unpaired) electrons. The van der Waals surface area contributed by atoms with Crippen LogP contribution in [0, 0.1) is 0 Å². The van der Waals surface area contributed by atoms with Gasteiger partial charge in [0.1, 0.15) is 5.82 Å². The van der Waals surface area contributed by atoms with Crippen molar-refractivity contribution >= 4 is 17.4 Å². The predicted octanol–water partition coefficient (Wildman–Crippen LogP) is 1.42. The van der Waals surface area contributed by atoms with Gasteiger partial charge in [0.15, 0.2) is 0 Å². The molecule has 1 fully saturated rings. The van der Waals surface area contributed by atoms with Gasteiger partial charge in [-0.05, 0) is 24.4 Å². The molecule has 2 N–H and O–H groups in total. The summed E-state index contributed by atoms with van der Waals surface area (Å²) in [6.45, 7) is 0.804. The highest BCUT2D eigenvalue weighted by atomic mass is 35.5. The third-order valence-corrected chi connectivity index (χ3v) is 2.41. The molecule has 0 bridgehead atoms. The van der Waals surface area contributed by atoms with Gasteiger partial charge in [-0.15, -0.1) is 0 Å². The topological polar surface area (TPSA) is 49.8 Å². The Balaban J connectivity index is 2.05. The zero-order valence-electron chi connectivity index (χ0n) is 8.05. The molecule has 0 saturated heterocycles. The number of aromatic nitrogens is 2. The van der Waals surface area contributed by atoms with Gasteiger partial charge in [0.25, 0.3) is 0 Å². The van der Waals surface area contributed by atoms with Crippen molar-refractivity contribution in [3.8, 4) is 0 Å². The number of anilines is 1. The molecule has 1 heterocycles. The van der Waals surface area contributed by atoms with E-state index in [0.717, 1.165) is 17.9 Å². The molecule has 14 heavy (non-hydrogen) atoms. The molecule has 1 aliphatic carbocycles. The van der Waals surface area contributed by atoms with Crippen LogP contribution in [0.3, 0.4) is 0 Å². The Bertz CT molecular complexity index is 325. The number of hydrogen-bond acceptors (Lipinski definition) is 4. The van der Waals surface area contributed by atoms with Crippen LogP contribution in [0.15, 0.2) is 6.20 Å². The summed E-state index contributed by atoms with van der Waals surface area (Å²) in [6.07, 6.45) is 4.32. The highest BCUT2D eigenvalue weighted by molar-refractivity contribution is 6.28. The van der Waals surface area contributed by atoms with Gasteiger partial charge in [-0.25, -0.2) is 9.97 Å². The Hall–Kier alpha value is -0.870. The van der Waals surface area contributed by atoms with Crippen LogP contribution < -0.4 is 10.6 Å². The first-order valence-corrected chi connectivity index (χ1v) is 5.10. The minimum absolute atomic E-state index is 0.282.